The second-order valence-electron chi connectivity index (χ2n) is 7.70. The summed E-state index contributed by atoms with van der Waals surface area (Å²) in [5.41, 5.74) is 3.87. The summed E-state index contributed by atoms with van der Waals surface area (Å²) in [5.74, 6) is 2.46. The summed E-state index contributed by atoms with van der Waals surface area (Å²) in [4.78, 5) is 18.1. The molecule has 3 heterocycles. The van der Waals surface area contributed by atoms with Crippen molar-refractivity contribution in [3.63, 3.8) is 0 Å². The van der Waals surface area contributed by atoms with E-state index >= 15 is 0 Å². The summed E-state index contributed by atoms with van der Waals surface area (Å²) in [6, 6.07) is 7.83. The van der Waals surface area contributed by atoms with Crippen molar-refractivity contribution in [3.8, 4) is 5.75 Å². The minimum atomic E-state index is 0.133. The van der Waals surface area contributed by atoms with Crippen LogP contribution in [-0.4, -0.2) is 79.9 Å². The normalized spacial score (nSPS) is 18.1. The van der Waals surface area contributed by atoms with E-state index in [4.69, 9.17) is 19.2 Å². The van der Waals surface area contributed by atoms with Gasteiger partial charge in [-0.3, -0.25) is 0 Å². The molecule has 2 aliphatic heterocycles. The van der Waals surface area contributed by atoms with Crippen molar-refractivity contribution in [2.45, 2.75) is 26.4 Å². The van der Waals surface area contributed by atoms with Gasteiger partial charge >= 0.3 is 0 Å². The van der Waals surface area contributed by atoms with Crippen molar-refractivity contribution in [2.75, 3.05) is 67.8 Å². The lowest BCUT2D eigenvalue weighted by Gasteiger charge is -2.30. The molecule has 0 spiro atoms. The van der Waals surface area contributed by atoms with Crippen LogP contribution in [0.2, 0.25) is 0 Å². The molecular weight excluding hydrogens is 410 g/mol. The molecule has 2 aromatic rings. The smallest absolute Gasteiger partial charge is 0.250 e. The van der Waals surface area contributed by atoms with E-state index in [9.17, 15) is 0 Å². The van der Waals surface area contributed by atoms with Gasteiger partial charge in [0.1, 0.15) is 5.75 Å². The van der Waals surface area contributed by atoms with Crippen molar-refractivity contribution in [2.24, 2.45) is 5.10 Å². The zero-order valence-corrected chi connectivity index (χ0v) is 18.7. The predicted octanol–water partition coefficient (Wildman–Crippen LogP) is 2.17. The Hall–Kier alpha value is -2.98. The molecule has 10 nitrogen and oxygen atoms in total. The fraction of sp³-hybridized carbons (Fsp3) is 0.545. The molecule has 0 unspecified atom stereocenters. The van der Waals surface area contributed by atoms with Crippen molar-refractivity contribution in [3.05, 3.63) is 29.8 Å². The lowest BCUT2D eigenvalue weighted by Crippen LogP contribution is -2.40. The molecule has 2 saturated heterocycles. The van der Waals surface area contributed by atoms with Crippen LogP contribution in [0.1, 0.15) is 25.8 Å². The Morgan fingerprint density at radius 3 is 2.19 bits per heavy atom. The van der Waals surface area contributed by atoms with Crippen LogP contribution in [0, 0.1) is 0 Å². The van der Waals surface area contributed by atoms with E-state index in [0.717, 1.165) is 43.9 Å². The minimum Gasteiger partial charge on any atom is -0.490 e. The number of rotatable bonds is 8. The zero-order valence-electron chi connectivity index (χ0n) is 18.7. The molecule has 1 aromatic carbocycles. The van der Waals surface area contributed by atoms with Gasteiger partial charge in [-0.05, 0) is 25.5 Å². The van der Waals surface area contributed by atoms with Gasteiger partial charge in [0.05, 0.1) is 38.7 Å². The maximum atomic E-state index is 6.00. The van der Waals surface area contributed by atoms with E-state index in [1.165, 1.54) is 0 Å². The number of anilines is 3. The van der Waals surface area contributed by atoms with E-state index in [1.54, 1.807) is 6.21 Å². The first-order valence-corrected chi connectivity index (χ1v) is 11.2. The van der Waals surface area contributed by atoms with Crippen LogP contribution < -0.4 is 20.0 Å². The highest BCUT2D eigenvalue weighted by molar-refractivity contribution is 5.83. The number of hydrogen-bond acceptors (Lipinski definition) is 10. The highest BCUT2D eigenvalue weighted by Crippen LogP contribution is 2.20. The van der Waals surface area contributed by atoms with Crippen molar-refractivity contribution in [1.29, 1.82) is 0 Å². The molecule has 1 aromatic heterocycles. The monoisotopic (exact) mass is 441 g/mol. The molecule has 0 saturated carbocycles. The average Bonchev–Trinajstić information content (AvgIpc) is 2.86. The van der Waals surface area contributed by atoms with Gasteiger partial charge in [0, 0.05) is 31.7 Å². The van der Waals surface area contributed by atoms with Gasteiger partial charge < -0.3 is 24.0 Å². The fourth-order valence-corrected chi connectivity index (χ4v) is 3.37. The summed E-state index contributed by atoms with van der Waals surface area (Å²) in [6.45, 7) is 9.77. The third-order valence-corrected chi connectivity index (χ3v) is 5.39. The maximum Gasteiger partial charge on any atom is 0.250 e. The Morgan fingerprint density at radius 1 is 1.00 bits per heavy atom. The van der Waals surface area contributed by atoms with E-state index in [-0.39, 0.29) is 6.10 Å². The Morgan fingerprint density at radius 2 is 1.59 bits per heavy atom. The Balaban J connectivity index is 1.53. The quantitative estimate of drug-likeness (QED) is 0.488. The van der Waals surface area contributed by atoms with Crippen LogP contribution in [0.4, 0.5) is 17.8 Å². The molecule has 172 valence electrons. The van der Waals surface area contributed by atoms with E-state index < -0.39 is 0 Å². The second-order valence-corrected chi connectivity index (χ2v) is 7.70. The summed E-state index contributed by atoms with van der Waals surface area (Å²) in [7, 11) is 0. The van der Waals surface area contributed by atoms with Gasteiger partial charge in [-0.1, -0.05) is 19.1 Å². The number of aromatic nitrogens is 3. The van der Waals surface area contributed by atoms with Crippen LogP contribution in [0.3, 0.4) is 0 Å². The summed E-state index contributed by atoms with van der Waals surface area (Å²) >= 11 is 0. The number of nitrogens with zero attached hydrogens (tertiary/aromatic N) is 6. The fourth-order valence-electron chi connectivity index (χ4n) is 3.37. The third-order valence-electron chi connectivity index (χ3n) is 5.39. The average molecular weight is 442 g/mol. The molecule has 0 aliphatic carbocycles. The number of para-hydroxylation sites is 1. The highest BCUT2D eigenvalue weighted by Gasteiger charge is 2.20. The first-order valence-electron chi connectivity index (χ1n) is 11.2. The van der Waals surface area contributed by atoms with Gasteiger partial charge in [-0.2, -0.15) is 20.1 Å². The molecule has 32 heavy (non-hydrogen) atoms. The topological polar surface area (TPSA) is 97.2 Å². The number of benzene rings is 1. The van der Waals surface area contributed by atoms with Crippen molar-refractivity contribution < 1.29 is 14.2 Å². The molecular formula is C22H31N7O3. The van der Waals surface area contributed by atoms with Crippen LogP contribution in [0.25, 0.3) is 0 Å². The van der Waals surface area contributed by atoms with Gasteiger partial charge in [-0.25, -0.2) is 5.43 Å². The minimum absolute atomic E-state index is 0.133. The van der Waals surface area contributed by atoms with Crippen LogP contribution in [0.5, 0.6) is 5.75 Å². The standard InChI is InChI=1S/C22H31N7O3/c1-3-17(2)32-19-7-5-4-6-18(19)16-23-27-20-24-21(28-8-12-30-13-9-28)26-22(25-20)29-10-14-31-15-11-29/h4-7,16-17H,3,8-15H2,1-2H3,(H,24,25,26,27)/b23-16-/t17-/m1/s1. The number of hydrazone groups is 1. The number of ether oxygens (including phenoxy) is 3. The van der Waals surface area contributed by atoms with Gasteiger partial charge in [-0.15, -0.1) is 0 Å². The Bertz CT molecular complexity index is 863. The molecule has 10 heteroatoms. The van der Waals surface area contributed by atoms with Crippen LogP contribution in [0.15, 0.2) is 29.4 Å². The Kier molecular flexibility index (Phi) is 7.68. The second kappa shape index (κ2) is 11.1. The molecule has 2 aliphatic rings. The van der Waals surface area contributed by atoms with E-state index in [1.807, 2.05) is 24.3 Å². The lowest BCUT2D eigenvalue weighted by atomic mass is 10.2. The number of nitrogens with one attached hydrogen (secondary N) is 1. The largest absolute Gasteiger partial charge is 0.490 e. The van der Waals surface area contributed by atoms with Crippen LogP contribution in [-0.2, 0) is 9.47 Å². The van der Waals surface area contributed by atoms with Crippen LogP contribution >= 0.6 is 0 Å². The molecule has 0 bridgehead atoms. The number of morpholine rings is 2. The first kappa shape index (κ1) is 22.2. The SMILES string of the molecule is CC[C@@H](C)Oc1ccccc1/C=N\Nc1nc(N2CCOCC2)nc(N2CCOCC2)n1. The molecule has 4 rings (SSSR count). The number of hydrogen-bond donors (Lipinski definition) is 1. The lowest BCUT2D eigenvalue weighted by molar-refractivity contribution is 0.121. The Labute approximate surface area is 188 Å². The van der Waals surface area contributed by atoms with E-state index in [0.29, 0.717) is 44.3 Å². The highest BCUT2D eigenvalue weighted by atomic mass is 16.5. The van der Waals surface area contributed by atoms with Crippen molar-refractivity contribution in [1.82, 2.24) is 15.0 Å². The molecule has 0 amide bonds. The molecule has 1 N–H and O–H groups in total. The summed E-state index contributed by atoms with van der Waals surface area (Å²) in [5, 5.41) is 4.38. The zero-order chi connectivity index (χ0) is 22.2. The molecule has 2 fully saturated rings. The molecule has 1 atom stereocenters. The third kappa shape index (κ3) is 5.83. The van der Waals surface area contributed by atoms with E-state index in [2.05, 4.69) is 44.1 Å². The summed E-state index contributed by atoms with van der Waals surface area (Å²) in [6.07, 6.45) is 2.79. The first-order chi connectivity index (χ1) is 15.7. The maximum absolute atomic E-state index is 6.00. The summed E-state index contributed by atoms with van der Waals surface area (Å²) < 4.78 is 16.9. The van der Waals surface area contributed by atoms with Crippen molar-refractivity contribution >= 4 is 24.1 Å². The predicted molar refractivity (Wildman–Crippen MR) is 124 cm³/mol. The van der Waals surface area contributed by atoms with Gasteiger partial charge in [0.2, 0.25) is 17.8 Å². The van der Waals surface area contributed by atoms with Gasteiger partial charge in [0.15, 0.2) is 0 Å². The van der Waals surface area contributed by atoms with Gasteiger partial charge in [0.25, 0.3) is 0 Å². The molecule has 0 radical (unpaired) electrons.